The van der Waals surface area contributed by atoms with E-state index in [2.05, 4.69) is 5.32 Å². The molecule has 34 heavy (non-hydrogen) atoms. The zero-order valence-electron chi connectivity index (χ0n) is 20.2. The molecule has 2 rings (SSSR count). The number of likely N-dealkylation sites (N-methyl/N-ethyl adjacent to an activating group) is 1. The van der Waals surface area contributed by atoms with Crippen molar-refractivity contribution in [3.8, 4) is 5.75 Å². The van der Waals surface area contributed by atoms with Crippen LogP contribution in [0.3, 0.4) is 0 Å². The molecule has 8 nitrogen and oxygen atoms in total. The Morgan fingerprint density at radius 1 is 1.18 bits per heavy atom. The summed E-state index contributed by atoms with van der Waals surface area (Å²) in [6.07, 6.45) is 1.44. The third-order valence-electron chi connectivity index (χ3n) is 5.59. The lowest BCUT2D eigenvalue weighted by Crippen LogP contribution is -2.47. The molecule has 1 atom stereocenters. The number of anilines is 1. The molecule has 2 aromatic rings. The van der Waals surface area contributed by atoms with Crippen LogP contribution in [0.1, 0.15) is 30.9 Å². The Hall–Kier alpha value is -2.78. The number of amides is 2. The molecule has 0 radical (unpaired) electrons. The Kier molecular flexibility index (Phi) is 9.76. The third-order valence-corrected chi connectivity index (χ3v) is 7.08. The van der Waals surface area contributed by atoms with E-state index >= 15 is 0 Å². The number of carbonyl (C=O) groups excluding carboxylic acids is 2. The molecule has 10 heteroatoms. The van der Waals surface area contributed by atoms with Crippen LogP contribution >= 0.6 is 11.6 Å². The predicted octanol–water partition coefficient (Wildman–Crippen LogP) is 3.37. The molecular weight excluding hydrogens is 478 g/mol. The molecule has 0 aliphatic rings. The van der Waals surface area contributed by atoms with Gasteiger partial charge in [-0.2, -0.15) is 0 Å². The molecule has 0 saturated heterocycles. The molecule has 0 aliphatic heterocycles. The van der Waals surface area contributed by atoms with E-state index in [1.54, 1.807) is 19.1 Å². The average Bonchev–Trinajstić information content (AvgIpc) is 2.79. The van der Waals surface area contributed by atoms with Gasteiger partial charge in [0.05, 0.1) is 24.1 Å². The summed E-state index contributed by atoms with van der Waals surface area (Å²) in [6, 6.07) is 11.7. The highest BCUT2D eigenvalue weighted by Gasteiger charge is 2.26. The summed E-state index contributed by atoms with van der Waals surface area (Å²) < 4.78 is 31.2. The molecule has 1 N–H and O–H groups in total. The summed E-state index contributed by atoms with van der Waals surface area (Å²) in [5, 5.41) is 2.87. The van der Waals surface area contributed by atoms with Crippen LogP contribution in [-0.2, 0) is 26.2 Å². The minimum Gasteiger partial charge on any atom is -0.495 e. The molecular formula is C24H32ClN3O5S. The van der Waals surface area contributed by atoms with Gasteiger partial charge in [0.2, 0.25) is 21.8 Å². The van der Waals surface area contributed by atoms with E-state index in [1.165, 1.54) is 29.4 Å². The largest absolute Gasteiger partial charge is 0.495 e. The highest BCUT2D eigenvalue weighted by Crippen LogP contribution is 2.30. The molecule has 2 amide bonds. The second kappa shape index (κ2) is 12.1. The van der Waals surface area contributed by atoms with Gasteiger partial charge in [0, 0.05) is 26.6 Å². The van der Waals surface area contributed by atoms with Crippen molar-refractivity contribution >= 4 is 39.1 Å². The van der Waals surface area contributed by atoms with E-state index in [9.17, 15) is 18.0 Å². The first kappa shape index (κ1) is 27.5. The number of carbonyl (C=O) groups is 2. The number of sulfonamides is 1. The first-order valence-corrected chi connectivity index (χ1v) is 13.1. The van der Waals surface area contributed by atoms with Gasteiger partial charge in [0.25, 0.3) is 0 Å². The molecule has 0 saturated carbocycles. The molecule has 0 spiro atoms. The van der Waals surface area contributed by atoms with Crippen molar-refractivity contribution in [1.82, 2.24) is 10.2 Å². The summed E-state index contributed by atoms with van der Waals surface area (Å²) in [7, 11) is -0.613. The molecule has 0 aromatic heterocycles. The van der Waals surface area contributed by atoms with E-state index in [4.69, 9.17) is 16.3 Å². The molecule has 0 unspecified atom stereocenters. The van der Waals surface area contributed by atoms with Crippen molar-refractivity contribution in [3.05, 3.63) is 58.6 Å². The van der Waals surface area contributed by atoms with Crippen molar-refractivity contribution in [1.29, 1.82) is 0 Å². The van der Waals surface area contributed by atoms with Crippen molar-refractivity contribution in [2.45, 2.75) is 39.3 Å². The zero-order chi connectivity index (χ0) is 25.5. The van der Waals surface area contributed by atoms with Crippen LogP contribution in [0.2, 0.25) is 5.02 Å². The lowest BCUT2D eigenvalue weighted by atomic mass is 10.1. The van der Waals surface area contributed by atoms with Gasteiger partial charge in [0.15, 0.2) is 0 Å². The second-order valence-corrected chi connectivity index (χ2v) is 10.3. The highest BCUT2D eigenvalue weighted by atomic mass is 35.5. The normalized spacial score (nSPS) is 12.1. The van der Waals surface area contributed by atoms with Crippen LogP contribution in [0.25, 0.3) is 0 Å². The maximum Gasteiger partial charge on any atom is 0.242 e. The Labute approximate surface area is 206 Å². The smallest absolute Gasteiger partial charge is 0.242 e. The van der Waals surface area contributed by atoms with Crippen LogP contribution in [0.15, 0.2) is 42.5 Å². The number of ether oxygens (including phenoxy) is 1. The summed E-state index contributed by atoms with van der Waals surface area (Å²) in [4.78, 5) is 27.0. The monoisotopic (exact) mass is 509 g/mol. The van der Waals surface area contributed by atoms with Crippen LogP contribution in [-0.4, -0.2) is 58.1 Å². The minimum absolute atomic E-state index is 0.0725. The van der Waals surface area contributed by atoms with Gasteiger partial charge >= 0.3 is 0 Å². The first-order chi connectivity index (χ1) is 16.0. The Morgan fingerprint density at radius 2 is 1.85 bits per heavy atom. The summed E-state index contributed by atoms with van der Waals surface area (Å²) in [5.74, 6) is -0.0720. The fraction of sp³-hybridized carbons (Fsp3) is 0.417. The van der Waals surface area contributed by atoms with Crippen LogP contribution < -0.4 is 14.4 Å². The maximum absolute atomic E-state index is 13.2. The fourth-order valence-electron chi connectivity index (χ4n) is 3.58. The molecule has 0 aliphatic carbocycles. The highest BCUT2D eigenvalue weighted by molar-refractivity contribution is 7.92. The van der Waals surface area contributed by atoms with Crippen molar-refractivity contribution < 1.29 is 22.7 Å². The SMILES string of the molecule is CNC(=O)[C@@H](C)N(Cc1ccccc1C)C(=O)CCCN(c1ccc(OC)c(Cl)c1)S(C)(=O)=O. The van der Waals surface area contributed by atoms with Crippen LogP contribution in [0.5, 0.6) is 5.75 Å². The number of hydrogen-bond acceptors (Lipinski definition) is 5. The summed E-state index contributed by atoms with van der Waals surface area (Å²) in [5.41, 5.74) is 2.34. The average molecular weight is 510 g/mol. The molecule has 0 heterocycles. The number of rotatable bonds is 11. The lowest BCUT2D eigenvalue weighted by Gasteiger charge is -2.29. The number of hydrogen-bond donors (Lipinski definition) is 1. The number of nitrogens with zero attached hydrogens (tertiary/aromatic N) is 2. The second-order valence-electron chi connectivity index (χ2n) is 8.00. The molecule has 186 valence electrons. The third kappa shape index (κ3) is 7.11. The Balaban J connectivity index is 2.18. The van der Waals surface area contributed by atoms with E-state index in [0.29, 0.717) is 11.4 Å². The van der Waals surface area contributed by atoms with E-state index < -0.39 is 16.1 Å². The van der Waals surface area contributed by atoms with Crippen molar-refractivity contribution in [3.63, 3.8) is 0 Å². The maximum atomic E-state index is 13.2. The fourth-order valence-corrected chi connectivity index (χ4v) is 4.79. The Morgan fingerprint density at radius 3 is 2.41 bits per heavy atom. The first-order valence-electron chi connectivity index (χ1n) is 10.9. The van der Waals surface area contributed by atoms with Gasteiger partial charge < -0.3 is 15.0 Å². The van der Waals surface area contributed by atoms with E-state index in [-0.39, 0.29) is 42.8 Å². The Bertz CT molecular complexity index is 1120. The molecule has 2 aromatic carbocycles. The van der Waals surface area contributed by atoms with Gasteiger partial charge in [-0.3, -0.25) is 13.9 Å². The van der Waals surface area contributed by atoms with Gasteiger partial charge in [-0.1, -0.05) is 35.9 Å². The van der Waals surface area contributed by atoms with Crippen LogP contribution in [0, 0.1) is 6.92 Å². The number of aryl methyl sites for hydroxylation is 1. The van der Waals surface area contributed by atoms with Gasteiger partial charge in [-0.25, -0.2) is 8.42 Å². The molecule has 0 fully saturated rings. The van der Waals surface area contributed by atoms with Crippen molar-refractivity contribution in [2.75, 3.05) is 31.3 Å². The zero-order valence-corrected chi connectivity index (χ0v) is 21.7. The van der Waals surface area contributed by atoms with Gasteiger partial charge in [0.1, 0.15) is 11.8 Å². The standard InChI is InChI=1S/C24H32ClN3O5S/c1-17-9-6-7-10-19(17)16-27(18(2)24(30)26-3)23(29)11-8-14-28(34(5,31)32)20-12-13-22(33-4)21(25)15-20/h6-7,9-10,12-13,15,18H,8,11,14,16H2,1-5H3,(H,26,30)/t18-/m1/s1. The van der Waals surface area contributed by atoms with E-state index in [1.807, 2.05) is 31.2 Å². The van der Waals surface area contributed by atoms with Gasteiger partial charge in [-0.15, -0.1) is 0 Å². The predicted molar refractivity (Wildman–Crippen MR) is 135 cm³/mol. The number of nitrogens with one attached hydrogen (secondary N) is 1. The van der Waals surface area contributed by atoms with Crippen LogP contribution in [0.4, 0.5) is 5.69 Å². The lowest BCUT2D eigenvalue weighted by molar-refractivity contribution is -0.140. The number of halogens is 1. The van der Waals surface area contributed by atoms with Gasteiger partial charge in [-0.05, 0) is 49.6 Å². The topological polar surface area (TPSA) is 96.0 Å². The van der Waals surface area contributed by atoms with Crippen molar-refractivity contribution in [2.24, 2.45) is 0 Å². The number of benzene rings is 2. The quantitative estimate of drug-likeness (QED) is 0.501. The summed E-state index contributed by atoms with van der Waals surface area (Å²) in [6.45, 7) is 3.99. The number of methoxy groups -OCH3 is 1. The minimum atomic E-state index is -3.62. The summed E-state index contributed by atoms with van der Waals surface area (Å²) >= 11 is 6.17. The van der Waals surface area contributed by atoms with E-state index in [0.717, 1.165) is 17.4 Å². The molecule has 0 bridgehead atoms.